The lowest BCUT2D eigenvalue weighted by atomic mass is 10.2. The van der Waals surface area contributed by atoms with E-state index in [9.17, 15) is 18.0 Å². The first kappa shape index (κ1) is 16.6. The van der Waals surface area contributed by atoms with Gasteiger partial charge in [-0.15, -0.1) is 0 Å². The number of para-hydroxylation sites is 1. The smallest absolute Gasteiger partial charge is 0.334 e. The standard InChI is InChI=1S/C15H8Cl2F3N3O/c16-7-3-1-4-8(17)11(7)13(24)21-9-5-2-6-10-12(9)23-14(22-10)15(18,19)20/h1-6H,(H,21,24)(H,22,23). The molecule has 0 saturated carbocycles. The summed E-state index contributed by atoms with van der Waals surface area (Å²) in [6.45, 7) is 0. The van der Waals surface area contributed by atoms with E-state index >= 15 is 0 Å². The Morgan fingerprint density at radius 1 is 1.08 bits per heavy atom. The average molecular weight is 374 g/mol. The summed E-state index contributed by atoms with van der Waals surface area (Å²) in [5, 5.41) is 2.75. The number of aromatic amines is 1. The van der Waals surface area contributed by atoms with E-state index in [4.69, 9.17) is 23.2 Å². The maximum absolute atomic E-state index is 12.8. The Labute approximate surface area is 143 Å². The van der Waals surface area contributed by atoms with Gasteiger partial charge in [0.15, 0.2) is 0 Å². The number of amides is 1. The molecule has 0 aliphatic rings. The number of hydrogen-bond acceptors (Lipinski definition) is 2. The van der Waals surface area contributed by atoms with Crippen LogP contribution in [0.15, 0.2) is 36.4 Å². The quantitative estimate of drug-likeness (QED) is 0.653. The summed E-state index contributed by atoms with van der Waals surface area (Å²) in [5.41, 5.74) is 0.274. The number of carbonyl (C=O) groups excluding carboxylic acids is 1. The van der Waals surface area contributed by atoms with E-state index in [-0.39, 0.29) is 32.3 Å². The van der Waals surface area contributed by atoms with Crippen molar-refractivity contribution in [1.82, 2.24) is 9.97 Å². The van der Waals surface area contributed by atoms with Crippen molar-refractivity contribution in [1.29, 1.82) is 0 Å². The summed E-state index contributed by atoms with van der Waals surface area (Å²) in [6, 6.07) is 8.90. The number of carbonyl (C=O) groups is 1. The van der Waals surface area contributed by atoms with Crippen LogP contribution in [0, 0.1) is 0 Å². The van der Waals surface area contributed by atoms with E-state index in [0.29, 0.717) is 0 Å². The van der Waals surface area contributed by atoms with Crippen LogP contribution in [0.2, 0.25) is 10.0 Å². The molecule has 2 N–H and O–H groups in total. The molecule has 1 heterocycles. The van der Waals surface area contributed by atoms with Crippen molar-refractivity contribution in [2.75, 3.05) is 5.32 Å². The van der Waals surface area contributed by atoms with Crippen LogP contribution in [0.25, 0.3) is 11.0 Å². The molecule has 0 unspecified atom stereocenters. The highest BCUT2D eigenvalue weighted by molar-refractivity contribution is 6.40. The molecule has 0 spiro atoms. The lowest BCUT2D eigenvalue weighted by molar-refractivity contribution is -0.144. The fourth-order valence-corrected chi connectivity index (χ4v) is 2.74. The Morgan fingerprint density at radius 2 is 1.71 bits per heavy atom. The first-order chi connectivity index (χ1) is 11.3. The van der Waals surface area contributed by atoms with Gasteiger partial charge in [-0.25, -0.2) is 4.98 Å². The van der Waals surface area contributed by atoms with Gasteiger partial charge in [0, 0.05) is 0 Å². The van der Waals surface area contributed by atoms with E-state index in [1.54, 1.807) is 6.07 Å². The second-order valence-electron chi connectivity index (χ2n) is 4.84. The van der Waals surface area contributed by atoms with Crippen LogP contribution in [0.3, 0.4) is 0 Å². The molecule has 9 heteroatoms. The van der Waals surface area contributed by atoms with Gasteiger partial charge in [-0.05, 0) is 24.3 Å². The normalized spacial score (nSPS) is 11.7. The third-order valence-electron chi connectivity index (χ3n) is 3.22. The summed E-state index contributed by atoms with van der Waals surface area (Å²) < 4.78 is 38.3. The van der Waals surface area contributed by atoms with Gasteiger partial charge in [-0.1, -0.05) is 35.3 Å². The molecule has 24 heavy (non-hydrogen) atoms. The summed E-state index contributed by atoms with van der Waals surface area (Å²) in [7, 11) is 0. The predicted molar refractivity (Wildman–Crippen MR) is 85.5 cm³/mol. The van der Waals surface area contributed by atoms with Crippen molar-refractivity contribution >= 4 is 45.8 Å². The third-order valence-corrected chi connectivity index (χ3v) is 3.85. The maximum atomic E-state index is 12.8. The van der Waals surface area contributed by atoms with Crippen molar-refractivity contribution in [3.05, 3.63) is 57.8 Å². The highest BCUT2D eigenvalue weighted by atomic mass is 35.5. The fourth-order valence-electron chi connectivity index (χ4n) is 2.17. The molecule has 4 nitrogen and oxygen atoms in total. The van der Waals surface area contributed by atoms with E-state index in [1.807, 2.05) is 0 Å². The zero-order valence-electron chi connectivity index (χ0n) is 11.7. The predicted octanol–water partition coefficient (Wildman–Crippen LogP) is 5.14. The van der Waals surface area contributed by atoms with Gasteiger partial charge in [0.1, 0.15) is 5.52 Å². The van der Waals surface area contributed by atoms with E-state index in [0.717, 1.165) is 0 Å². The molecule has 124 valence electrons. The molecule has 0 bridgehead atoms. The number of rotatable bonds is 2. The first-order valence-electron chi connectivity index (χ1n) is 6.58. The summed E-state index contributed by atoms with van der Waals surface area (Å²) in [4.78, 5) is 18.0. The molecule has 0 fully saturated rings. The molecule has 3 rings (SSSR count). The Morgan fingerprint density at radius 3 is 2.33 bits per heavy atom. The van der Waals surface area contributed by atoms with Crippen LogP contribution in [-0.2, 0) is 6.18 Å². The Balaban J connectivity index is 2.01. The van der Waals surface area contributed by atoms with Crippen molar-refractivity contribution in [3.8, 4) is 0 Å². The molecule has 1 amide bonds. The molecule has 0 aliphatic heterocycles. The number of fused-ring (bicyclic) bond motifs is 1. The lowest BCUT2D eigenvalue weighted by Gasteiger charge is -2.08. The SMILES string of the molecule is O=C(Nc1cccc2[nH]c(C(F)(F)F)nc12)c1c(Cl)cccc1Cl. The van der Waals surface area contributed by atoms with Crippen LogP contribution in [0.4, 0.5) is 18.9 Å². The van der Waals surface area contributed by atoms with Gasteiger partial charge in [-0.3, -0.25) is 4.79 Å². The van der Waals surface area contributed by atoms with Crippen LogP contribution in [-0.4, -0.2) is 15.9 Å². The molecule has 1 aromatic heterocycles. The minimum atomic E-state index is -4.62. The Kier molecular flexibility index (Phi) is 4.15. The summed E-state index contributed by atoms with van der Waals surface area (Å²) >= 11 is 11.9. The van der Waals surface area contributed by atoms with Gasteiger partial charge in [0.05, 0.1) is 26.8 Å². The number of H-pyrrole nitrogens is 1. The molecule has 3 aromatic rings. The molecule has 0 atom stereocenters. The topological polar surface area (TPSA) is 57.8 Å². The lowest BCUT2D eigenvalue weighted by Crippen LogP contribution is -2.13. The molecular weight excluding hydrogens is 366 g/mol. The Bertz CT molecular complexity index is 917. The monoisotopic (exact) mass is 373 g/mol. The number of imidazole rings is 1. The minimum absolute atomic E-state index is 0.0126. The minimum Gasteiger partial charge on any atom is -0.334 e. The number of benzene rings is 2. The number of hydrogen-bond donors (Lipinski definition) is 2. The Hall–Kier alpha value is -2.25. The van der Waals surface area contributed by atoms with Gasteiger partial charge >= 0.3 is 6.18 Å². The largest absolute Gasteiger partial charge is 0.449 e. The van der Waals surface area contributed by atoms with Crippen LogP contribution < -0.4 is 5.32 Å². The highest BCUT2D eigenvalue weighted by Gasteiger charge is 2.35. The zero-order valence-corrected chi connectivity index (χ0v) is 13.2. The van der Waals surface area contributed by atoms with Gasteiger partial charge < -0.3 is 10.3 Å². The van der Waals surface area contributed by atoms with Gasteiger partial charge in [0.25, 0.3) is 5.91 Å². The highest BCUT2D eigenvalue weighted by Crippen LogP contribution is 2.31. The number of aromatic nitrogens is 2. The second kappa shape index (κ2) is 5.99. The van der Waals surface area contributed by atoms with Crippen LogP contribution in [0.5, 0.6) is 0 Å². The third kappa shape index (κ3) is 3.05. The van der Waals surface area contributed by atoms with Crippen molar-refractivity contribution in [2.45, 2.75) is 6.18 Å². The fraction of sp³-hybridized carbons (Fsp3) is 0.0667. The summed E-state index contributed by atoms with van der Waals surface area (Å²) in [6.07, 6.45) is -4.62. The zero-order chi connectivity index (χ0) is 17.5. The molecular formula is C15H8Cl2F3N3O. The molecule has 0 saturated heterocycles. The van der Waals surface area contributed by atoms with Crippen molar-refractivity contribution in [2.24, 2.45) is 0 Å². The molecule has 0 radical (unpaired) electrons. The van der Waals surface area contributed by atoms with Gasteiger partial charge in [0.2, 0.25) is 5.82 Å². The van der Waals surface area contributed by atoms with Crippen LogP contribution >= 0.6 is 23.2 Å². The second-order valence-corrected chi connectivity index (χ2v) is 5.65. The van der Waals surface area contributed by atoms with Crippen molar-refractivity contribution < 1.29 is 18.0 Å². The number of alkyl halides is 3. The average Bonchev–Trinajstić information content (AvgIpc) is 2.92. The number of halogens is 5. The van der Waals surface area contributed by atoms with E-state index < -0.39 is 17.9 Å². The van der Waals surface area contributed by atoms with Crippen molar-refractivity contribution in [3.63, 3.8) is 0 Å². The number of anilines is 1. The van der Waals surface area contributed by atoms with Crippen LogP contribution in [0.1, 0.15) is 16.2 Å². The number of nitrogens with zero attached hydrogens (tertiary/aromatic N) is 1. The first-order valence-corrected chi connectivity index (χ1v) is 7.34. The number of nitrogens with one attached hydrogen (secondary N) is 2. The van der Waals surface area contributed by atoms with E-state index in [1.165, 1.54) is 30.3 Å². The van der Waals surface area contributed by atoms with E-state index in [2.05, 4.69) is 15.3 Å². The molecule has 0 aliphatic carbocycles. The maximum Gasteiger partial charge on any atom is 0.449 e. The molecule has 2 aromatic carbocycles. The van der Waals surface area contributed by atoms with Gasteiger partial charge in [-0.2, -0.15) is 13.2 Å². The summed E-state index contributed by atoms with van der Waals surface area (Å²) in [5.74, 6) is -1.79.